The molecule has 4 rings (SSSR count). The molecule has 0 unspecified atom stereocenters. The molecule has 2 aromatic carbocycles. The number of nitrogens with one attached hydrogen (secondary N) is 2. The summed E-state index contributed by atoms with van der Waals surface area (Å²) in [5, 5.41) is 18.2. The van der Waals surface area contributed by atoms with Crippen LogP contribution in [0.2, 0.25) is 0 Å². The molecule has 10 nitrogen and oxygen atoms in total. The minimum absolute atomic E-state index is 0.422. The molecule has 2 heterocycles. The van der Waals surface area contributed by atoms with Crippen molar-refractivity contribution in [3.63, 3.8) is 0 Å². The van der Waals surface area contributed by atoms with Crippen LogP contribution >= 0.6 is 0 Å². The molecule has 164 valence electrons. The van der Waals surface area contributed by atoms with E-state index in [1.54, 1.807) is 22.7 Å². The Morgan fingerprint density at radius 1 is 0.875 bits per heavy atom. The molecule has 0 atom stereocenters. The van der Waals surface area contributed by atoms with Crippen molar-refractivity contribution >= 4 is 23.1 Å². The summed E-state index contributed by atoms with van der Waals surface area (Å²) in [6, 6.07) is 14.0. The fraction of sp³-hybridized carbons (Fsp3) is 0.182. The van der Waals surface area contributed by atoms with Gasteiger partial charge in [-0.25, -0.2) is 4.79 Å². The second-order valence-electron chi connectivity index (χ2n) is 6.81. The number of aryl methyl sites for hydroxylation is 1. The topological polar surface area (TPSA) is 112 Å². The number of hydrogen-bond acceptors (Lipinski definition) is 7. The molecule has 10 heteroatoms. The molecule has 0 aliphatic heterocycles. The number of ether oxygens (including phenoxy) is 3. The third-order valence-corrected chi connectivity index (χ3v) is 4.76. The molecule has 4 aromatic rings. The predicted molar refractivity (Wildman–Crippen MR) is 120 cm³/mol. The molecule has 0 saturated heterocycles. The third kappa shape index (κ3) is 4.10. The highest BCUT2D eigenvalue weighted by Crippen LogP contribution is 2.40. The van der Waals surface area contributed by atoms with E-state index in [9.17, 15) is 4.79 Å². The lowest BCUT2D eigenvalue weighted by Crippen LogP contribution is -2.19. The number of amides is 2. The zero-order valence-electron chi connectivity index (χ0n) is 18.0. The summed E-state index contributed by atoms with van der Waals surface area (Å²) in [5.74, 6) is 2.02. The van der Waals surface area contributed by atoms with Gasteiger partial charge in [0.15, 0.2) is 23.0 Å². The number of urea groups is 1. The first-order valence-electron chi connectivity index (χ1n) is 9.70. The Bertz CT molecular complexity index is 1260. The Morgan fingerprint density at radius 3 is 2.28 bits per heavy atom. The van der Waals surface area contributed by atoms with Crippen LogP contribution in [0.1, 0.15) is 5.82 Å². The van der Waals surface area contributed by atoms with Crippen molar-refractivity contribution in [3.8, 4) is 28.5 Å². The summed E-state index contributed by atoms with van der Waals surface area (Å²) < 4.78 is 17.6. The minimum atomic E-state index is -0.422. The van der Waals surface area contributed by atoms with Crippen LogP contribution < -0.4 is 24.8 Å². The molecule has 2 aromatic heterocycles. The largest absolute Gasteiger partial charge is 0.493 e. The van der Waals surface area contributed by atoms with Gasteiger partial charge < -0.3 is 24.8 Å². The molecule has 0 spiro atoms. The van der Waals surface area contributed by atoms with Crippen molar-refractivity contribution in [2.45, 2.75) is 6.92 Å². The van der Waals surface area contributed by atoms with Gasteiger partial charge >= 0.3 is 6.03 Å². The molecular formula is C22H22N6O4. The van der Waals surface area contributed by atoms with E-state index in [0.717, 1.165) is 11.3 Å². The number of fused-ring (bicyclic) bond motifs is 1. The second-order valence-corrected chi connectivity index (χ2v) is 6.81. The lowest BCUT2D eigenvalue weighted by molar-refractivity contribution is 0.262. The molecule has 2 amide bonds. The fourth-order valence-electron chi connectivity index (χ4n) is 3.25. The number of nitrogens with zero attached hydrogens (tertiary/aromatic N) is 4. The molecule has 0 aliphatic rings. The van der Waals surface area contributed by atoms with Crippen molar-refractivity contribution in [1.82, 2.24) is 19.8 Å². The Balaban J connectivity index is 1.53. The highest BCUT2D eigenvalue weighted by atomic mass is 16.5. The SMILES string of the molecule is COc1cc(NC(=O)Nc2cccc(-c3ccc4nnc(C)n4n3)c2)cc(OC)c1OC. The number of carbonyl (C=O) groups is 1. The zero-order valence-corrected chi connectivity index (χ0v) is 18.0. The van der Waals surface area contributed by atoms with Crippen LogP contribution in [-0.4, -0.2) is 47.2 Å². The highest BCUT2D eigenvalue weighted by Gasteiger charge is 2.15. The standard InChI is InChI=1S/C22H22N6O4/c1-13-25-26-20-9-8-17(27-28(13)20)14-6-5-7-15(10-14)23-22(29)24-16-11-18(30-2)21(32-4)19(12-16)31-3/h5-12H,1-4H3,(H2,23,24,29). The van der Waals surface area contributed by atoms with Gasteiger partial charge in [-0.3, -0.25) is 0 Å². The van der Waals surface area contributed by atoms with Gasteiger partial charge in [-0.15, -0.1) is 10.2 Å². The first-order valence-corrected chi connectivity index (χ1v) is 9.70. The number of rotatable bonds is 6. The van der Waals surface area contributed by atoms with Gasteiger partial charge in [0.25, 0.3) is 0 Å². The number of carbonyl (C=O) groups excluding carboxylic acids is 1. The molecule has 32 heavy (non-hydrogen) atoms. The average Bonchev–Trinajstić information content (AvgIpc) is 3.18. The average molecular weight is 434 g/mol. The number of anilines is 2. The quantitative estimate of drug-likeness (QED) is 0.475. The summed E-state index contributed by atoms with van der Waals surface area (Å²) in [6.45, 7) is 1.84. The smallest absolute Gasteiger partial charge is 0.323 e. The lowest BCUT2D eigenvalue weighted by Gasteiger charge is -2.15. The minimum Gasteiger partial charge on any atom is -0.493 e. The first-order chi connectivity index (χ1) is 15.5. The lowest BCUT2D eigenvalue weighted by atomic mass is 10.1. The van der Waals surface area contributed by atoms with Crippen LogP contribution in [0.5, 0.6) is 17.2 Å². The highest BCUT2D eigenvalue weighted by molar-refractivity contribution is 6.00. The van der Waals surface area contributed by atoms with Crippen LogP contribution in [0.15, 0.2) is 48.5 Å². The molecule has 0 fully saturated rings. The van der Waals surface area contributed by atoms with Crippen LogP contribution in [-0.2, 0) is 0 Å². The Kier molecular flexibility index (Phi) is 5.75. The molecule has 0 radical (unpaired) electrons. The van der Waals surface area contributed by atoms with Crippen LogP contribution in [0, 0.1) is 6.92 Å². The summed E-state index contributed by atoms with van der Waals surface area (Å²) in [7, 11) is 4.54. The molecule has 0 aliphatic carbocycles. The van der Waals surface area contributed by atoms with E-state index >= 15 is 0 Å². The molecule has 0 bridgehead atoms. The van der Waals surface area contributed by atoms with Gasteiger partial charge in [0.05, 0.1) is 32.7 Å². The van der Waals surface area contributed by atoms with Gasteiger partial charge in [-0.05, 0) is 31.2 Å². The maximum Gasteiger partial charge on any atom is 0.323 e. The predicted octanol–water partition coefficient (Wildman–Crippen LogP) is 3.77. The first kappa shape index (κ1) is 20.9. The molecule has 2 N–H and O–H groups in total. The third-order valence-electron chi connectivity index (χ3n) is 4.76. The van der Waals surface area contributed by atoms with Gasteiger partial charge in [0.1, 0.15) is 0 Å². The van der Waals surface area contributed by atoms with Crippen molar-refractivity contribution in [3.05, 3.63) is 54.4 Å². The van der Waals surface area contributed by atoms with E-state index < -0.39 is 6.03 Å². The maximum atomic E-state index is 12.6. The van der Waals surface area contributed by atoms with E-state index in [4.69, 9.17) is 14.2 Å². The number of methoxy groups -OCH3 is 3. The number of aromatic nitrogens is 4. The second kappa shape index (κ2) is 8.80. The van der Waals surface area contributed by atoms with Gasteiger partial charge in [0, 0.05) is 23.4 Å². The summed E-state index contributed by atoms with van der Waals surface area (Å²) in [6.07, 6.45) is 0. The van der Waals surface area contributed by atoms with Crippen molar-refractivity contribution in [1.29, 1.82) is 0 Å². The van der Waals surface area contributed by atoms with E-state index in [2.05, 4.69) is 25.9 Å². The number of hydrogen-bond donors (Lipinski definition) is 2. The Hall–Kier alpha value is -4.34. The van der Waals surface area contributed by atoms with Gasteiger partial charge in [-0.1, -0.05) is 12.1 Å². The monoisotopic (exact) mass is 434 g/mol. The van der Waals surface area contributed by atoms with Crippen LogP contribution in [0.25, 0.3) is 16.9 Å². The fourth-order valence-corrected chi connectivity index (χ4v) is 3.25. The van der Waals surface area contributed by atoms with Gasteiger partial charge in [-0.2, -0.15) is 9.61 Å². The molecular weight excluding hydrogens is 412 g/mol. The van der Waals surface area contributed by atoms with Crippen LogP contribution in [0.4, 0.5) is 16.2 Å². The summed E-state index contributed by atoms with van der Waals surface area (Å²) >= 11 is 0. The van der Waals surface area contributed by atoms with E-state index in [1.165, 1.54) is 21.3 Å². The van der Waals surface area contributed by atoms with E-state index in [1.807, 2.05) is 37.3 Å². The van der Waals surface area contributed by atoms with Crippen molar-refractivity contribution < 1.29 is 19.0 Å². The maximum absolute atomic E-state index is 12.6. The normalized spacial score (nSPS) is 10.6. The number of benzene rings is 2. The summed E-state index contributed by atoms with van der Waals surface area (Å²) in [5.41, 5.74) is 3.34. The summed E-state index contributed by atoms with van der Waals surface area (Å²) in [4.78, 5) is 12.6. The van der Waals surface area contributed by atoms with E-state index in [-0.39, 0.29) is 0 Å². The van der Waals surface area contributed by atoms with Crippen molar-refractivity contribution in [2.24, 2.45) is 0 Å². The van der Waals surface area contributed by atoms with Gasteiger partial charge in [0.2, 0.25) is 5.75 Å². The Labute approximate surface area is 184 Å². The van der Waals surface area contributed by atoms with Crippen LogP contribution in [0.3, 0.4) is 0 Å². The van der Waals surface area contributed by atoms with Crippen molar-refractivity contribution in [2.75, 3.05) is 32.0 Å². The Morgan fingerprint density at radius 2 is 1.59 bits per heavy atom. The van der Waals surface area contributed by atoms with E-state index in [0.29, 0.717) is 40.1 Å². The molecule has 0 saturated carbocycles. The zero-order chi connectivity index (χ0) is 22.7.